The third-order valence-corrected chi connectivity index (χ3v) is 4.23. The van der Waals surface area contributed by atoms with Crippen molar-refractivity contribution in [3.8, 4) is 0 Å². The van der Waals surface area contributed by atoms with Crippen molar-refractivity contribution in [1.82, 2.24) is 19.9 Å². The maximum atomic E-state index is 5.14. The Balaban J connectivity index is 1.49. The standard InChI is InChI=1S/C15H23N5O/c1-21-9-8-20-6-3-12(4-7-20)10-17-15-13-2-5-16-14(13)18-11-19-15/h2,5,11-12H,3-4,6-10H2,1H3,(H2,16,17,18,19). The first-order chi connectivity index (χ1) is 10.4. The zero-order valence-electron chi connectivity index (χ0n) is 12.5. The summed E-state index contributed by atoms with van der Waals surface area (Å²) < 4.78 is 5.14. The molecule has 0 spiro atoms. The molecule has 6 nitrogen and oxygen atoms in total. The summed E-state index contributed by atoms with van der Waals surface area (Å²) in [5.41, 5.74) is 0.891. The van der Waals surface area contributed by atoms with Crippen molar-refractivity contribution >= 4 is 16.9 Å². The first-order valence-electron chi connectivity index (χ1n) is 7.60. The first-order valence-corrected chi connectivity index (χ1v) is 7.60. The van der Waals surface area contributed by atoms with Gasteiger partial charge in [-0.3, -0.25) is 0 Å². The molecule has 2 aromatic heterocycles. The van der Waals surface area contributed by atoms with Gasteiger partial charge in [-0.1, -0.05) is 0 Å². The van der Waals surface area contributed by atoms with Gasteiger partial charge in [-0.2, -0.15) is 0 Å². The number of aromatic amines is 1. The second-order valence-corrected chi connectivity index (χ2v) is 5.62. The van der Waals surface area contributed by atoms with Crippen molar-refractivity contribution in [1.29, 1.82) is 0 Å². The average Bonchev–Trinajstić information content (AvgIpc) is 3.01. The van der Waals surface area contributed by atoms with E-state index in [-0.39, 0.29) is 0 Å². The van der Waals surface area contributed by atoms with Gasteiger partial charge in [0.05, 0.1) is 12.0 Å². The molecule has 0 unspecified atom stereocenters. The van der Waals surface area contributed by atoms with Crippen LogP contribution in [0, 0.1) is 5.92 Å². The SMILES string of the molecule is COCCN1CCC(CNc2ncnc3[nH]ccc23)CC1. The number of likely N-dealkylation sites (tertiary alicyclic amines) is 1. The Bertz CT molecular complexity index is 562. The number of nitrogens with one attached hydrogen (secondary N) is 2. The third-order valence-electron chi connectivity index (χ3n) is 4.23. The number of hydrogen-bond acceptors (Lipinski definition) is 5. The normalized spacial score (nSPS) is 17.4. The highest BCUT2D eigenvalue weighted by Crippen LogP contribution is 2.21. The van der Waals surface area contributed by atoms with Crippen LogP contribution in [0.3, 0.4) is 0 Å². The fourth-order valence-electron chi connectivity index (χ4n) is 2.89. The minimum Gasteiger partial charge on any atom is -0.383 e. The predicted molar refractivity (Wildman–Crippen MR) is 83.4 cm³/mol. The number of hydrogen-bond donors (Lipinski definition) is 2. The van der Waals surface area contributed by atoms with E-state index in [2.05, 4.69) is 25.2 Å². The minimum atomic E-state index is 0.716. The van der Waals surface area contributed by atoms with Crippen LogP contribution in [0.5, 0.6) is 0 Å². The van der Waals surface area contributed by atoms with Gasteiger partial charge in [-0.25, -0.2) is 9.97 Å². The van der Waals surface area contributed by atoms with Crippen molar-refractivity contribution < 1.29 is 4.74 Å². The second-order valence-electron chi connectivity index (χ2n) is 5.62. The topological polar surface area (TPSA) is 66.1 Å². The molecule has 0 bridgehead atoms. The Morgan fingerprint density at radius 2 is 2.24 bits per heavy atom. The molecule has 1 aliphatic heterocycles. The van der Waals surface area contributed by atoms with Gasteiger partial charge in [0, 0.05) is 26.4 Å². The quantitative estimate of drug-likeness (QED) is 0.848. The third kappa shape index (κ3) is 3.51. The fraction of sp³-hybridized carbons (Fsp3) is 0.600. The number of piperidine rings is 1. The summed E-state index contributed by atoms with van der Waals surface area (Å²) in [5, 5.41) is 4.55. The van der Waals surface area contributed by atoms with Crippen LogP contribution in [-0.2, 0) is 4.74 Å². The summed E-state index contributed by atoms with van der Waals surface area (Å²) in [7, 11) is 1.76. The Morgan fingerprint density at radius 1 is 1.38 bits per heavy atom. The Hall–Kier alpha value is -1.66. The molecule has 3 rings (SSSR count). The molecule has 114 valence electrons. The molecule has 2 N–H and O–H groups in total. The van der Waals surface area contributed by atoms with E-state index in [1.165, 1.54) is 25.9 Å². The molecule has 1 saturated heterocycles. The van der Waals surface area contributed by atoms with Crippen molar-refractivity contribution in [2.45, 2.75) is 12.8 Å². The summed E-state index contributed by atoms with van der Waals surface area (Å²) in [5.74, 6) is 1.65. The Morgan fingerprint density at radius 3 is 3.05 bits per heavy atom. The Labute approximate surface area is 124 Å². The van der Waals surface area contributed by atoms with Gasteiger partial charge in [-0.15, -0.1) is 0 Å². The molecule has 1 fully saturated rings. The molecular formula is C15H23N5O. The number of aromatic nitrogens is 3. The monoisotopic (exact) mass is 289 g/mol. The van der Waals surface area contributed by atoms with Crippen LogP contribution in [0.1, 0.15) is 12.8 Å². The van der Waals surface area contributed by atoms with Crippen molar-refractivity contribution in [2.75, 3.05) is 45.2 Å². The van der Waals surface area contributed by atoms with Crippen LogP contribution in [0.25, 0.3) is 11.0 Å². The lowest BCUT2D eigenvalue weighted by Gasteiger charge is -2.31. The number of methoxy groups -OCH3 is 1. The van der Waals surface area contributed by atoms with E-state index in [4.69, 9.17) is 4.74 Å². The van der Waals surface area contributed by atoms with E-state index in [1.54, 1.807) is 13.4 Å². The van der Waals surface area contributed by atoms with Gasteiger partial charge in [-0.05, 0) is 37.9 Å². The predicted octanol–water partition coefficient (Wildman–Crippen LogP) is 1.73. The number of nitrogens with zero attached hydrogens (tertiary/aromatic N) is 3. The number of rotatable bonds is 6. The van der Waals surface area contributed by atoms with Crippen LogP contribution < -0.4 is 5.32 Å². The molecule has 0 amide bonds. The molecule has 0 radical (unpaired) electrons. The summed E-state index contributed by atoms with van der Waals surface area (Å²) in [6.45, 7) is 5.19. The lowest BCUT2D eigenvalue weighted by Crippen LogP contribution is -2.37. The highest BCUT2D eigenvalue weighted by molar-refractivity contribution is 5.86. The van der Waals surface area contributed by atoms with E-state index >= 15 is 0 Å². The molecule has 6 heteroatoms. The van der Waals surface area contributed by atoms with Crippen LogP contribution in [0.2, 0.25) is 0 Å². The van der Waals surface area contributed by atoms with Gasteiger partial charge in [0.1, 0.15) is 17.8 Å². The molecule has 0 aromatic carbocycles. The van der Waals surface area contributed by atoms with Crippen LogP contribution in [0.15, 0.2) is 18.6 Å². The highest BCUT2D eigenvalue weighted by Gasteiger charge is 2.19. The van der Waals surface area contributed by atoms with Crippen LogP contribution in [0.4, 0.5) is 5.82 Å². The molecular weight excluding hydrogens is 266 g/mol. The summed E-state index contributed by atoms with van der Waals surface area (Å²) in [4.78, 5) is 14.2. The van der Waals surface area contributed by atoms with Gasteiger partial charge in [0.2, 0.25) is 0 Å². The van der Waals surface area contributed by atoms with E-state index in [0.29, 0.717) is 5.92 Å². The molecule has 3 heterocycles. The lowest BCUT2D eigenvalue weighted by molar-refractivity contribution is 0.122. The second kappa shape index (κ2) is 6.87. The maximum Gasteiger partial charge on any atom is 0.142 e. The number of H-pyrrole nitrogens is 1. The maximum absolute atomic E-state index is 5.14. The van der Waals surface area contributed by atoms with Gasteiger partial charge in [0.15, 0.2) is 0 Å². The largest absolute Gasteiger partial charge is 0.383 e. The van der Waals surface area contributed by atoms with Gasteiger partial charge >= 0.3 is 0 Å². The number of fused-ring (bicyclic) bond motifs is 1. The van der Waals surface area contributed by atoms with E-state index in [0.717, 1.165) is 36.5 Å². The fourth-order valence-corrected chi connectivity index (χ4v) is 2.89. The van der Waals surface area contributed by atoms with Crippen molar-refractivity contribution in [3.63, 3.8) is 0 Å². The minimum absolute atomic E-state index is 0.716. The van der Waals surface area contributed by atoms with E-state index < -0.39 is 0 Å². The Kier molecular flexibility index (Phi) is 4.67. The van der Waals surface area contributed by atoms with Gasteiger partial charge < -0.3 is 19.9 Å². The lowest BCUT2D eigenvalue weighted by atomic mass is 9.97. The van der Waals surface area contributed by atoms with Crippen molar-refractivity contribution in [3.05, 3.63) is 18.6 Å². The smallest absolute Gasteiger partial charge is 0.142 e. The van der Waals surface area contributed by atoms with Crippen molar-refractivity contribution in [2.24, 2.45) is 5.92 Å². The van der Waals surface area contributed by atoms with Gasteiger partial charge in [0.25, 0.3) is 0 Å². The first kappa shape index (κ1) is 14.3. The zero-order valence-corrected chi connectivity index (χ0v) is 12.5. The molecule has 1 aliphatic rings. The van der Waals surface area contributed by atoms with Crippen LogP contribution in [-0.4, -0.2) is 59.7 Å². The molecule has 0 saturated carbocycles. The highest BCUT2D eigenvalue weighted by atomic mass is 16.5. The summed E-state index contributed by atoms with van der Waals surface area (Å²) in [6, 6.07) is 2.02. The summed E-state index contributed by atoms with van der Waals surface area (Å²) in [6.07, 6.45) is 5.98. The molecule has 0 aliphatic carbocycles. The van der Waals surface area contributed by atoms with E-state index in [1.807, 2.05) is 12.3 Å². The number of ether oxygens (including phenoxy) is 1. The van der Waals surface area contributed by atoms with E-state index in [9.17, 15) is 0 Å². The molecule has 21 heavy (non-hydrogen) atoms. The zero-order chi connectivity index (χ0) is 14.5. The average molecular weight is 289 g/mol. The summed E-state index contributed by atoms with van der Waals surface area (Å²) >= 11 is 0. The number of anilines is 1. The molecule has 0 atom stereocenters. The molecule has 2 aromatic rings. The van der Waals surface area contributed by atoms with Crippen LogP contribution >= 0.6 is 0 Å².